The molecule has 2 heterocycles. The highest BCUT2D eigenvalue weighted by Crippen LogP contribution is 2.41. The van der Waals surface area contributed by atoms with Crippen LogP contribution in [0.5, 0.6) is 0 Å². The molecule has 2 nitrogen and oxygen atoms in total. The molecule has 0 radical (unpaired) electrons. The van der Waals surface area contributed by atoms with Crippen molar-refractivity contribution in [2.24, 2.45) is 0 Å². The molecule has 0 fully saturated rings. The summed E-state index contributed by atoms with van der Waals surface area (Å²) in [4.78, 5) is 4.77. The summed E-state index contributed by atoms with van der Waals surface area (Å²) in [6.45, 7) is 2.26. The van der Waals surface area contributed by atoms with Crippen molar-refractivity contribution in [3.05, 3.63) is 114 Å². The maximum Gasteiger partial charge on any atom is 0.145 e. The molecule has 6 rings (SSSR count). The van der Waals surface area contributed by atoms with Gasteiger partial charge in [0.25, 0.3) is 0 Å². The number of nitrogens with zero attached hydrogens (tertiary/aromatic N) is 1. The van der Waals surface area contributed by atoms with Crippen LogP contribution in [0.25, 0.3) is 44.0 Å². The Hall–Kier alpha value is -3.91. The Morgan fingerprint density at radius 1 is 0.742 bits per heavy atom. The average Bonchev–Trinajstić information content (AvgIpc) is 3.23. The quantitative estimate of drug-likeness (QED) is 0.302. The summed E-state index contributed by atoms with van der Waals surface area (Å²) in [5.41, 5.74) is 6.35. The van der Waals surface area contributed by atoms with E-state index in [9.17, 15) is 0 Å². The van der Waals surface area contributed by atoms with E-state index in [0.29, 0.717) is 0 Å². The van der Waals surface area contributed by atoms with Gasteiger partial charge in [-0.15, -0.1) is 0 Å². The van der Waals surface area contributed by atoms with Crippen LogP contribution < -0.4 is 0 Å². The van der Waals surface area contributed by atoms with Crippen molar-refractivity contribution in [2.75, 3.05) is 0 Å². The maximum absolute atomic E-state index is 6.44. The molecule has 4 aromatic carbocycles. The van der Waals surface area contributed by atoms with Crippen LogP contribution in [-0.4, -0.2) is 4.98 Å². The van der Waals surface area contributed by atoms with Gasteiger partial charge in [0.05, 0.1) is 5.69 Å². The van der Waals surface area contributed by atoms with Crippen molar-refractivity contribution in [2.45, 2.75) is 12.8 Å². The van der Waals surface area contributed by atoms with E-state index in [1.165, 1.54) is 21.9 Å². The summed E-state index contributed by atoms with van der Waals surface area (Å²) in [6, 6.07) is 33.8. The second-order valence-electron chi connectivity index (χ2n) is 8.05. The van der Waals surface area contributed by atoms with E-state index in [2.05, 4.69) is 85.8 Å². The first kappa shape index (κ1) is 17.9. The third-order valence-electron chi connectivity index (χ3n) is 6.23. The molecule has 31 heavy (non-hydrogen) atoms. The lowest BCUT2D eigenvalue weighted by Crippen LogP contribution is -1.97. The summed E-state index contributed by atoms with van der Waals surface area (Å²) in [5.74, 6) is 0.253. The number of para-hydroxylation sites is 1. The number of aromatic nitrogens is 1. The Bertz CT molecular complexity index is 1550. The Labute approximate surface area is 180 Å². The predicted octanol–water partition coefficient (Wildman–Crippen LogP) is 7.95. The minimum atomic E-state index is 0.253. The van der Waals surface area contributed by atoms with Gasteiger partial charge in [-0.1, -0.05) is 85.8 Å². The van der Waals surface area contributed by atoms with E-state index in [1.807, 2.05) is 24.4 Å². The van der Waals surface area contributed by atoms with Crippen molar-refractivity contribution in [3.8, 4) is 11.3 Å². The highest BCUT2D eigenvalue weighted by atomic mass is 16.3. The molecular weight excluding hydrogens is 378 g/mol. The minimum Gasteiger partial charge on any atom is -0.455 e. The summed E-state index contributed by atoms with van der Waals surface area (Å²) in [5, 5.41) is 4.65. The van der Waals surface area contributed by atoms with Crippen LogP contribution in [-0.2, 0) is 0 Å². The number of fused-ring (bicyclic) bond motifs is 4. The molecule has 0 N–H and O–H groups in total. The molecule has 2 aromatic heterocycles. The fourth-order valence-corrected chi connectivity index (χ4v) is 4.57. The van der Waals surface area contributed by atoms with Gasteiger partial charge in [-0.2, -0.15) is 0 Å². The molecule has 1 unspecified atom stereocenters. The molecule has 2 heteroatoms. The zero-order chi connectivity index (χ0) is 20.8. The Kier molecular flexibility index (Phi) is 4.10. The van der Waals surface area contributed by atoms with E-state index < -0.39 is 0 Å². The normalized spacial score (nSPS) is 12.5. The summed E-state index contributed by atoms with van der Waals surface area (Å²) in [7, 11) is 0. The summed E-state index contributed by atoms with van der Waals surface area (Å²) >= 11 is 0. The van der Waals surface area contributed by atoms with Crippen LogP contribution in [0.2, 0.25) is 0 Å². The van der Waals surface area contributed by atoms with Crippen LogP contribution in [0.4, 0.5) is 0 Å². The van der Waals surface area contributed by atoms with Gasteiger partial charge in [-0.3, -0.25) is 4.98 Å². The third-order valence-corrected chi connectivity index (χ3v) is 6.23. The highest BCUT2D eigenvalue weighted by molar-refractivity contribution is 6.11. The molecule has 148 valence electrons. The molecule has 0 aliphatic carbocycles. The number of hydrogen-bond acceptors (Lipinski definition) is 2. The summed E-state index contributed by atoms with van der Waals surface area (Å²) < 4.78 is 6.44. The maximum atomic E-state index is 6.44. The third kappa shape index (κ3) is 2.91. The molecule has 1 atom stereocenters. The first-order valence-electron chi connectivity index (χ1n) is 10.6. The molecule has 0 spiro atoms. The predicted molar refractivity (Wildman–Crippen MR) is 128 cm³/mol. The van der Waals surface area contributed by atoms with Crippen LogP contribution in [0.3, 0.4) is 0 Å². The molecule has 0 bridgehead atoms. The minimum absolute atomic E-state index is 0.253. The Balaban J connectivity index is 1.64. The summed E-state index contributed by atoms with van der Waals surface area (Å²) in [6.07, 6.45) is 1.94. The number of pyridine rings is 1. The van der Waals surface area contributed by atoms with Gasteiger partial charge in [0.2, 0.25) is 0 Å². The molecule has 0 amide bonds. The molecule has 0 saturated carbocycles. The van der Waals surface area contributed by atoms with Crippen molar-refractivity contribution in [1.29, 1.82) is 0 Å². The van der Waals surface area contributed by atoms with Crippen LogP contribution in [0.1, 0.15) is 24.0 Å². The Morgan fingerprint density at radius 3 is 2.35 bits per heavy atom. The molecule has 6 aromatic rings. The van der Waals surface area contributed by atoms with Gasteiger partial charge in [-0.25, -0.2) is 0 Å². The first-order chi connectivity index (χ1) is 15.3. The van der Waals surface area contributed by atoms with Gasteiger partial charge < -0.3 is 4.42 Å². The van der Waals surface area contributed by atoms with Crippen molar-refractivity contribution < 1.29 is 4.42 Å². The van der Waals surface area contributed by atoms with Gasteiger partial charge >= 0.3 is 0 Å². The van der Waals surface area contributed by atoms with Crippen molar-refractivity contribution >= 4 is 32.7 Å². The smallest absolute Gasteiger partial charge is 0.145 e. The molecule has 0 aliphatic heterocycles. The van der Waals surface area contributed by atoms with E-state index in [4.69, 9.17) is 9.40 Å². The van der Waals surface area contributed by atoms with Crippen LogP contribution in [0, 0.1) is 0 Å². The van der Waals surface area contributed by atoms with E-state index in [0.717, 1.165) is 33.2 Å². The molecule has 0 saturated heterocycles. The second-order valence-corrected chi connectivity index (χ2v) is 8.05. The zero-order valence-electron chi connectivity index (χ0n) is 17.2. The van der Waals surface area contributed by atoms with Gasteiger partial charge in [0, 0.05) is 33.8 Å². The fourth-order valence-electron chi connectivity index (χ4n) is 4.57. The number of furan rings is 1. The monoisotopic (exact) mass is 399 g/mol. The lowest BCUT2D eigenvalue weighted by molar-refractivity contribution is 0.669. The fraction of sp³-hybridized carbons (Fsp3) is 0.0690. The number of hydrogen-bond donors (Lipinski definition) is 0. The number of benzene rings is 4. The standard InChI is InChI=1S/C29H21NO/c1-19(20-9-3-2-4-10-20)23-15-16-24(26-17-21-11-5-6-12-22(21)18-30-26)29-28(23)25-13-7-8-14-27(25)31-29/h2-19H,1H3. The lowest BCUT2D eigenvalue weighted by Gasteiger charge is -2.15. The average molecular weight is 399 g/mol. The molecular formula is C29H21NO. The first-order valence-corrected chi connectivity index (χ1v) is 10.6. The van der Waals surface area contributed by atoms with E-state index >= 15 is 0 Å². The largest absolute Gasteiger partial charge is 0.455 e. The van der Waals surface area contributed by atoms with Crippen molar-refractivity contribution in [3.63, 3.8) is 0 Å². The SMILES string of the molecule is CC(c1ccccc1)c1ccc(-c2cc3ccccc3cn2)c2oc3ccccc3c12. The molecule has 0 aliphatic rings. The topological polar surface area (TPSA) is 26.0 Å². The van der Waals surface area contributed by atoms with E-state index in [-0.39, 0.29) is 5.92 Å². The second kappa shape index (κ2) is 7.10. The van der Waals surface area contributed by atoms with Gasteiger partial charge in [0.1, 0.15) is 11.2 Å². The number of rotatable bonds is 3. The van der Waals surface area contributed by atoms with Gasteiger partial charge in [-0.05, 0) is 34.7 Å². The Morgan fingerprint density at radius 2 is 1.48 bits per heavy atom. The zero-order valence-corrected chi connectivity index (χ0v) is 17.2. The lowest BCUT2D eigenvalue weighted by atomic mass is 9.88. The van der Waals surface area contributed by atoms with Gasteiger partial charge in [0.15, 0.2) is 0 Å². The van der Waals surface area contributed by atoms with Crippen molar-refractivity contribution in [1.82, 2.24) is 4.98 Å². The highest BCUT2D eigenvalue weighted by Gasteiger charge is 2.20. The van der Waals surface area contributed by atoms with E-state index in [1.54, 1.807) is 0 Å². The van der Waals surface area contributed by atoms with Crippen LogP contribution >= 0.6 is 0 Å². The van der Waals surface area contributed by atoms with Crippen LogP contribution in [0.15, 0.2) is 108 Å².